The summed E-state index contributed by atoms with van der Waals surface area (Å²) in [7, 11) is -2.34. The lowest BCUT2D eigenvalue weighted by molar-refractivity contribution is 0.337. The molecule has 1 aliphatic carbocycles. The topological polar surface area (TPSA) is 65.0 Å². The quantitative estimate of drug-likeness (QED) is 0.453. The van der Waals surface area contributed by atoms with E-state index in [1.54, 1.807) is 19.2 Å². The van der Waals surface area contributed by atoms with Crippen LogP contribution in [0, 0.1) is 6.92 Å². The van der Waals surface area contributed by atoms with Crippen molar-refractivity contribution in [2.45, 2.75) is 30.6 Å². The molecule has 0 aliphatic heterocycles. The molecule has 3 aromatic carbocycles. The van der Waals surface area contributed by atoms with Crippen LogP contribution >= 0.6 is 0 Å². The first-order valence-electron chi connectivity index (χ1n) is 10.4. The minimum Gasteiger partial charge on any atom is -0.497 e. The number of methoxy groups -OCH3 is 1. The van der Waals surface area contributed by atoms with E-state index in [0.29, 0.717) is 12.1 Å². The number of benzene rings is 3. The van der Waals surface area contributed by atoms with E-state index in [2.05, 4.69) is 5.16 Å². The molecule has 0 bridgehead atoms. The number of nitrogens with zero attached hydrogens (tertiary/aromatic N) is 1. The van der Waals surface area contributed by atoms with Gasteiger partial charge in [0.25, 0.3) is 0 Å². The molecule has 0 saturated heterocycles. The van der Waals surface area contributed by atoms with Crippen molar-refractivity contribution in [3.8, 4) is 5.75 Å². The Morgan fingerprint density at radius 1 is 0.875 bits per heavy atom. The summed E-state index contributed by atoms with van der Waals surface area (Å²) in [5.74, 6) is 0.940. The van der Waals surface area contributed by atoms with Crippen molar-refractivity contribution in [2.24, 2.45) is 5.16 Å². The molecule has 164 valence electrons. The van der Waals surface area contributed by atoms with Gasteiger partial charge in [0.05, 0.1) is 12.8 Å². The second kappa shape index (κ2) is 9.40. The Hall–Kier alpha value is -3.38. The molecule has 1 atom stereocenters. The first kappa shape index (κ1) is 21.8. The molecule has 4 rings (SSSR count). The minimum atomic E-state index is -3.98. The fourth-order valence-corrected chi connectivity index (χ4v) is 4.53. The van der Waals surface area contributed by atoms with Crippen molar-refractivity contribution in [1.82, 2.24) is 0 Å². The fourth-order valence-electron chi connectivity index (χ4n) is 3.78. The third-order valence-corrected chi connectivity index (χ3v) is 6.68. The van der Waals surface area contributed by atoms with Gasteiger partial charge >= 0.3 is 10.1 Å². The van der Waals surface area contributed by atoms with Crippen LogP contribution in [0.1, 0.15) is 35.4 Å². The van der Waals surface area contributed by atoms with Crippen LogP contribution in [0.2, 0.25) is 0 Å². The maximum atomic E-state index is 12.6. The van der Waals surface area contributed by atoms with Gasteiger partial charge in [0.1, 0.15) is 10.6 Å². The first-order valence-corrected chi connectivity index (χ1v) is 11.8. The molecule has 0 saturated carbocycles. The van der Waals surface area contributed by atoms with Crippen LogP contribution in [0.3, 0.4) is 0 Å². The molecule has 1 aliphatic rings. The zero-order valence-electron chi connectivity index (χ0n) is 18.1. The lowest BCUT2D eigenvalue weighted by atomic mass is 9.81. The van der Waals surface area contributed by atoms with Crippen molar-refractivity contribution < 1.29 is 17.4 Å². The van der Waals surface area contributed by atoms with Crippen LogP contribution in [-0.2, 0) is 14.4 Å². The van der Waals surface area contributed by atoms with E-state index in [1.165, 1.54) is 12.1 Å². The highest BCUT2D eigenvalue weighted by atomic mass is 32.2. The van der Waals surface area contributed by atoms with Gasteiger partial charge in [0, 0.05) is 6.42 Å². The van der Waals surface area contributed by atoms with E-state index in [9.17, 15) is 8.42 Å². The van der Waals surface area contributed by atoms with E-state index in [0.717, 1.165) is 34.4 Å². The molecule has 1 unspecified atom stereocenters. The third-order valence-electron chi connectivity index (χ3n) is 5.56. The first-order chi connectivity index (χ1) is 15.4. The summed E-state index contributed by atoms with van der Waals surface area (Å²) < 4.78 is 35.6. The zero-order chi connectivity index (χ0) is 22.6. The molecule has 0 fully saturated rings. The Morgan fingerprint density at radius 2 is 1.56 bits per heavy atom. The van der Waals surface area contributed by atoms with Crippen molar-refractivity contribution in [3.63, 3.8) is 0 Å². The number of ether oxygens (including phenoxy) is 1. The molecule has 3 aromatic rings. The molecule has 5 nitrogen and oxygen atoms in total. The number of rotatable bonds is 6. The summed E-state index contributed by atoms with van der Waals surface area (Å²) in [5.41, 5.74) is 4.88. The normalized spacial score (nSPS) is 17.6. The van der Waals surface area contributed by atoms with E-state index >= 15 is 0 Å². The molecular formula is C26H25NO4S. The number of hydrogen-bond acceptors (Lipinski definition) is 5. The Morgan fingerprint density at radius 3 is 2.22 bits per heavy atom. The predicted octanol–water partition coefficient (Wildman–Crippen LogP) is 5.73. The maximum absolute atomic E-state index is 12.6. The number of hydrogen-bond donors (Lipinski definition) is 0. The molecule has 0 aromatic heterocycles. The van der Waals surface area contributed by atoms with E-state index in [1.807, 2.05) is 67.6 Å². The molecule has 6 heteroatoms. The standard InChI is InChI=1S/C26H25NO4S/c1-19-8-14-26(15-9-19)32(28,29)31-27-24-17-22(20-6-4-3-5-7-20)16-23(18-24)21-10-12-25(30-2)13-11-21/h3-15,17,23H,16,18H2,1-2H3/b27-24-. The molecule has 0 N–H and O–H groups in total. The van der Waals surface area contributed by atoms with Gasteiger partial charge in [0.15, 0.2) is 0 Å². The van der Waals surface area contributed by atoms with Crippen LogP contribution in [0.25, 0.3) is 5.57 Å². The lowest BCUT2D eigenvalue weighted by Gasteiger charge is -2.24. The van der Waals surface area contributed by atoms with E-state index in [-0.39, 0.29) is 10.8 Å². The van der Waals surface area contributed by atoms with Gasteiger partial charge in [0.2, 0.25) is 0 Å². The van der Waals surface area contributed by atoms with Gasteiger partial charge in [-0.3, -0.25) is 4.28 Å². The summed E-state index contributed by atoms with van der Waals surface area (Å²) in [6, 6.07) is 24.5. The van der Waals surface area contributed by atoms with Gasteiger partial charge in [-0.1, -0.05) is 65.3 Å². The summed E-state index contributed by atoms with van der Waals surface area (Å²) in [5, 5.41) is 4.07. The highest BCUT2D eigenvalue weighted by molar-refractivity contribution is 7.86. The smallest absolute Gasteiger partial charge is 0.358 e. The lowest BCUT2D eigenvalue weighted by Crippen LogP contribution is -2.14. The monoisotopic (exact) mass is 447 g/mol. The zero-order valence-corrected chi connectivity index (χ0v) is 18.9. The molecule has 0 amide bonds. The SMILES string of the molecule is COc1ccc(C2CC(c3ccccc3)=C/C(=N/OS(=O)(=O)c3ccc(C)cc3)C2)cc1. The number of allylic oxidation sites excluding steroid dienone is 2. The van der Waals surface area contributed by atoms with Crippen molar-refractivity contribution >= 4 is 21.4 Å². The summed E-state index contributed by atoms with van der Waals surface area (Å²) >= 11 is 0. The van der Waals surface area contributed by atoms with Crippen LogP contribution in [0.15, 0.2) is 95.0 Å². The van der Waals surface area contributed by atoms with Gasteiger partial charge in [-0.25, -0.2) is 0 Å². The van der Waals surface area contributed by atoms with Crippen molar-refractivity contribution in [2.75, 3.05) is 7.11 Å². The van der Waals surface area contributed by atoms with Crippen LogP contribution in [0.5, 0.6) is 5.75 Å². The van der Waals surface area contributed by atoms with E-state index < -0.39 is 10.1 Å². The molecule has 0 spiro atoms. The second-order valence-electron chi connectivity index (χ2n) is 7.84. The Bertz CT molecular complexity index is 1230. The van der Waals surface area contributed by atoms with Crippen LogP contribution in [-0.4, -0.2) is 21.2 Å². The number of aryl methyl sites for hydroxylation is 1. The van der Waals surface area contributed by atoms with Gasteiger partial charge in [-0.2, -0.15) is 8.42 Å². The average molecular weight is 448 g/mol. The Kier molecular flexibility index (Phi) is 6.42. The molecule has 0 radical (unpaired) electrons. The van der Waals surface area contributed by atoms with Crippen LogP contribution in [0.4, 0.5) is 0 Å². The van der Waals surface area contributed by atoms with Gasteiger partial charge < -0.3 is 4.74 Å². The minimum absolute atomic E-state index is 0.0854. The average Bonchev–Trinajstić information content (AvgIpc) is 2.83. The predicted molar refractivity (Wildman–Crippen MR) is 126 cm³/mol. The third kappa shape index (κ3) is 5.08. The molecular weight excluding hydrogens is 422 g/mol. The summed E-state index contributed by atoms with van der Waals surface area (Å²) in [6.45, 7) is 1.90. The fraction of sp³-hybridized carbons (Fsp3) is 0.192. The van der Waals surface area contributed by atoms with Crippen molar-refractivity contribution in [1.29, 1.82) is 0 Å². The van der Waals surface area contributed by atoms with Gasteiger partial charge in [-0.05, 0) is 66.3 Å². The Balaban J connectivity index is 1.64. The second-order valence-corrected chi connectivity index (χ2v) is 9.37. The molecule has 32 heavy (non-hydrogen) atoms. The Labute approximate surface area is 189 Å². The largest absolute Gasteiger partial charge is 0.497 e. The van der Waals surface area contributed by atoms with E-state index in [4.69, 9.17) is 9.02 Å². The number of oxime groups is 1. The summed E-state index contributed by atoms with van der Waals surface area (Å²) in [4.78, 5) is 0.0854. The molecule has 0 heterocycles. The van der Waals surface area contributed by atoms with Crippen LogP contribution < -0.4 is 4.74 Å². The highest BCUT2D eigenvalue weighted by Gasteiger charge is 2.24. The maximum Gasteiger partial charge on any atom is 0.358 e. The highest BCUT2D eigenvalue weighted by Crippen LogP contribution is 2.37. The van der Waals surface area contributed by atoms with Gasteiger partial charge in [-0.15, -0.1) is 0 Å². The van der Waals surface area contributed by atoms with Crippen molar-refractivity contribution in [3.05, 3.63) is 102 Å². The summed E-state index contributed by atoms with van der Waals surface area (Å²) in [6.07, 6.45) is 3.33.